The zero-order valence-corrected chi connectivity index (χ0v) is 12.0. The third kappa shape index (κ3) is 4.51. The van der Waals surface area contributed by atoms with Crippen LogP contribution in [-0.4, -0.2) is 46.1 Å². The average molecular weight is 296 g/mol. The van der Waals surface area contributed by atoms with E-state index in [9.17, 15) is 4.79 Å². The van der Waals surface area contributed by atoms with E-state index in [-0.39, 0.29) is 12.5 Å². The first-order chi connectivity index (χ1) is 10.2. The van der Waals surface area contributed by atoms with Crippen LogP contribution in [0.25, 0.3) is 0 Å². The molecule has 0 atom stereocenters. The number of carbonyl (C=O) groups is 1. The van der Waals surface area contributed by atoms with Gasteiger partial charge in [0.1, 0.15) is 18.1 Å². The molecule has 1 aromatic carbocycles. The molecule has 0 radical (unpaired) electrons. The zero-order valence-electron chi connectivity index (χ0n) is 12.0. The van der Waals surface area contributed by atoms with Crippen molar-refractivity contribution in [2.75, 3.05) is 51.2 Å². The molecule has 3 N–H and O–H groups in total. The van der Waals surface area contributed by atoms with E-state index in [4.69, 9.17) is 24.7 Å². The van der Waals surface area contributed by atoms with Crippen LogP contribution >= 0.6 is 0 Å². The van der Waals surface area contributed by atoms with Crippen molar-refractivity contribution in [3.05, 3.63) is 12.1 Å². The molecule has 0 aliphatic carbocycles. The third-order valence-electron chi connectivity index (χ3n) is 2.87. The summed E-state index contributed by atoms with van der Waals surface area (Å²) in [5.74, 6) is 0.856. The topological polar surface area (TPSA) is 92.0 Å². The maximum absolute atomic E-state index is 11.3. The number of amides is 1. The standard InChI is InChI=1S/C14H20N2O5/c1-18-3-2-4-19-5-6-20-12-8-11-13(7-10(12)15)21-9-14(17)16-11/h7-8H,2-6,9,15H2,1H3,(H,16,17). The number of benzene rings is 1. The van der Waals surface area contributed by atoms with Crippen LogP contribution in [0.15, 0.2) is 12.1 Å². The molecule has 7 nitrogen and oxygen atoms in total. The number of hydrogen-bond acceptors (Lipinski definition) is 6. The second kappa shape index (κ2) is 7.70. The lowest BCUT2D eigenvalue weighted by Crippen LogP contribution is -2.25. The Morgan fingerprint density at radius 2 is 2.14 bits per heavy atom. The third-order valence-corrected chi connectivity index (χ3v) is 2.87. The van der Waals surface area contributed by atoms with Gasteiger partial charge in [-0.05, 0) is 6.42 Å². The molecule has 1 aromatic rings. The number of nitrogens with one attached hydrogen (secondary N) is 1. The Morgan fingerprint density at radius 1 is 1.29 bits per heavy atom. The van der Waals surface area contributed by atoms with E-state index >= 15 is 0 Å². The fourth-order valence-electron chi connectivity index (χ4n) is 1.87. The average Bonchev–Trinajstić information content (AvgIpc) is 2.47. The van der Waals surface area contributed by atoms with Crippen LogP contribution in [0.4, 0.5) is 11.4 Å². The summed E-state index contributed by atoms with van der Waals surface area (Å²) in [6, 6.07) is 3.30. The highest BCUT2D eigenvalue weighted by Crippen LogP contribution is 2.36. The smallest absolute Gasteiger partial charge is 0.262 e. The first kappa shape index (κ1) is 15.4. The highest BCUT2D eigenvalue weighted by molar-refractivity contribution is 5.96. The molecular weight excluding hydrogens is 276 g/mol. The monoisotopic (exact) mass is 296 g/mol. The summed E-state index contributed by atoms with van der Waals surface area (Å²) in [5.41, 5.74) is 6.91. The van der Waals surface area contributed by atoms with Crippen molar-refractivity contribution in [3.63, 3.8) is 0 Å². The molecule has 1 aliphatic heterocycles. The number of methoxy groups -OCH3 is 1. The van der Waals surface area contributed by atoms with Gasteiger partial charge in [0.15, 0.2) is 6.61 Å². The van der Waals surface area contributed by atoms with Crippen LogP contribution in [0.3, 0.4) is 0 Å². The number of fused-ring (bicyclic) bond motifs is 1. The van der Waals surface area contributed by atoms with Crippen molar-refractivity contribution in [2.45, 2.75) is 6.42 Å². The Hall–Kier alpha value is -1.99. The highest BCUT2D eigenvalue weighted by Gasteiger charge is 2.18. The van der Waals surface area contributed by atoms with Gasteiger partial charge in [0.2, 0.25) is 0 Å². The molecule has 0 saturated carbocycles. The maximum atomic E-state index is 11.3. The molecule has 0 saturated heterocycles. The number of ether oxygens (including phenoxy) is 4. The van der Waals surface area contributed by atoms with Crippen LogP contribution in [0, 0.1) is 0 Å². The molecule has 7 heteroatoms. The van der Waals surface area contributed by atoms with Crippen LogP contribution in [0.1, 0.15) is 6.42 Å². The van der Waals surface area contributed by atoms with Crippen LogP contribution in [0.2, 0.25) is 0 Å². The maximum Gasteiger partial charge on any atom is 0.262 e. The van der Waals surface area contributed by atoms with E-state index in [1.165, 1.54) is 0 Å². The molecule has 21 heavy (non-hydrogen) atoms. The van der Waals surface area contributed by atoms with E-state index in [2.05, 4.69) is 5.32 Å². The van der Waals surface area contributed by atoms with Crippen LogP contribution in [-0.2, 0) is 14.3 Å². The van der Waals surface area contributed by atoms with Crippen LogP contribution < -0.4 is 20.5 Å². The number of hydrogen-bond donors (Lipinski definition) is 2. The number of rotatable bonds is 8. The summed E-state index contributed by atoms with van der Waals surface area (Å²) >= 11 is 0. The van der Waals surface area contributed by atoms with Crippen molar-refractivity contribution in [3.8, 4) is 11.5 Å². The number of carbonyl (C=O) groups excluding carboxylic acids is 1. The molecule has 1 heterocycles. The Labute approximate surface area is 123 Å². The number of nitrogens with two attached hydrogens (primary N) is 1. The van der Waals surface area contributed by atoms with Crippen molar-refractivity contribution in [1.82, 2.24) is 0 Å². The van der Waals surface area contributed by atoms with E-state index < -0.39 is 0 Å². The minimum atomic E-state index is -0.195. The fourth-order valence-corrected chi connectivity index (χ4v) is 1.87. The van der Waals surface area contributed by atoms with Gasteiger partial charge in [-0.15, -0.1) is 0 Å². The minimum absolute atomic E-state index is 0.00194. The number of nitrogen functional groups attached to an aromatic ring is 1. The largest absolute Gasteiger partial charge is 0.489 e. The quantitative estimate of drug-likeness (QED) is 0.550. The lowest BCUT2D eigenvalue weighted by molar-refractivity contribution is -0.118. The second-order valence-corrected chi connectivity index (χ2v) is 4.53. The number of anilines is 2. The Morgan fingerprint density at radius 3 is 2.95 bits per heavy atom. The van der Waals surface area contributed by atoms with Gasteiger partial charge in [0, 0.05) is 32.5 Å². The van der Waals surface area contributed by atoms with E-state index in [0.717, 1.165) is 6.42 Å². The van der Waals surface area contributed by atoms with Crippen molar-refractivity contribution >= 4 is 17.3 Å². The van der Waals surface area contributed by atoms with Gasteiger partial charge < -0.3 is 30.0 Å². The molecule has 1 amide bonds. The molecule has 0 aromatic heterocycles. The fraction of sp³-hybridized carbons (Fsp3) is 0.500. The Kier molecular flexibility index (Phi) is 5.65. The molecule has 1 aliphatic rings. The van der Waals surface area contributed by atoms with E-state index in [1.807, 2.05) is 0 Å². The van der Waals surface area contributed by atoms with E-state index in [1.54, 1.807) is 19.2 Å². The second-order valence-electron chi connectivity index (χ2n) is 4.53. The molecule has 0 unspecified atom stereocenters. The minimum Gasteiger partial charge on any atom is -0.489 e. The van der Waals surface area contributed by atoms with Gasteiger partial charge in [-0.1, -0.05) is 0 Å². The first-order valence-electron chi connectivity index (χ1n) is 6.76. The zero-order chi connectivity index (χ0) is 15.1. The van der Waals surface area contributed by atoms with Gasteiger partial charge in [-0.3, -0.25) is 4.79 Å². The SMILES string of the molecule is COCCCOCCOc1cc2c(cc1N)OCC(=O)N2. The summed E-state index contributed by atoms with van der Waals surface area (Å²) in [6.45, 7) is 2.15. The summed E-state index contributed by atoms with van der Waals surface area (Å²) in [5, 5.41) is 2.71. The lowest BCUT2D eigenvalue weighted by Gasteiger charge is -2.20. The molecule has 0 spiro atoms. The van der Waals surface area contributed by atoms with Gasteiger partial charge in [-0.2, -0.15) is 0 Å². The summed E-state index contributed by atoms with van der Waals surface area (Å²) in [6.07, 6.45) is 0.848. The predicted molar refractivity (Wildman–Crippen MR) is 77.8 cm³/mol. The van der Waals surface area contributed by atoms with Gasteiger partial charge >= 0.3 is 0 Å². The summed E-state index contributed by atoms with van der Waals surface area (Å²) < 4.78 is 21.1. The molecule has 2 rings (SSSR count). The molecular formula is C14H20N2O5. The molecule has 0 fully saturated rings. The summed E-state index contributed by atoms with van der Waals surface area (Å²) in [4.78, 5) is 11.3. The normalized spacial score (nSPS) is 13.3. The van der Waals surface area contributed by atoms with Crippen LogP contribution in [0.5, 0.6) is 11.5 Å². The predicted octanol–water partition coefficient (Wildman–Crippen LogP) is 1.03. The first-order valence-corrected chi connectivity index (χ1v) is 6.76. The van der Waals surface area contributed by atoms with Crippen molar-refractivity contribution < 1.29 is 23.7 Å². The van der Waals surface area contributed by atoms with Gasteiger partial charge in [-0.25, -0.2) is 0 Å². The molecule has 0 bridgehead atoms. The van der Waals surface area contributed by atoms with Crippen molar-refractivity contribution in [2.24, 2.45) is 0 Å². The summed E-state index contributed by atoms with van der Waals surface area (Å²) in [7, 11) is 1.66. The lowest BCUT2D eigenvalue weighted by atomic mass is 10.2. The molecule has 116 valence electrons. The highest BCUT2D eigenvalue weighted by atomic mass is 16.5. The van der Waals surface area contributed by atoms with Gasteiger partial charge in [0.25, 0.3) is 5.91 Å². The van der Waals surface area contributed by atoms with Crippen molar-refractivity contribution in [1.29, 1.82) is 0 Å². The van der Waals surface area contributed by atoms with Gasteiger partial charge in [0.05, 0.1) is 18.0 Å². The Balaban J connectivity index is 1.80. The van der Waals surface area contributed by atoms with E-state index in [0.29, 0.717) is 49.3 Å². The Bertz CT molecular complexity index is 492.